The van der Waals surface area contributed by atoms with E-state index in [-0.39, 0.29) is 6.61 Å². The molecule has 0 aliphatic carbocycles. The zero-order chi connectivity index (χ0) is 10.6. The van der Waals surface area contributed by atoms with E-state index in [0.29, 0.717) is 13.0 Å². The van der Waals surface area contributed by atoms with Crippen LogP contribution in [0.15, 0.2) is 0 Å². The lowest BCUT2D eigenvalue weighted by Crippen LogP contribution is -2.53. The second-order valence-electron chi connectivity index (χ2n) is 3.22. The zero-order valence-electron chi connectivity index (χ0n) is 8.19. The molecule has 1 rings (SSSR count). The third kappa shape index (κ3) is 2.37. The van der Waals surface area contributed by atoms with E-state index in [1.54, 1.807) is 6.92 Å². The van der Waals surface area contributed by atoms with Gasteiger partial charge in [-0.1, -0.05) is 0 Å². The summed E-state index contributed by atoms with van der Waals surface area (Å²) >= 11 is 0. The topological polar surface area (TPSA) is 69.7 Å². The van der Waals surface area contributed by atoms with Crippen molar-refractivity contribution in [3.05, 3.63) is 0 Å². The predicted octanol–water partition coefficient (Wildman–Crippen LogP) is -0.253. The number of aliphatic carboxylic acids is 1. The maximum Gasteiger partial charge on any atom is 0.410 e. The summed E-state index contributed by atoms with van der Waals surface area (Å²) in [6.07, 6.45) is 1.54. The van der Waals surface area contributed by atoms with Crippen molar-refractivity contribution in [2.75, 3.05) is 13.2 Å². The summed E-state index contributed by atoms with van der Waals surface area (Å²) in [5.41, 5.74) is 0. The van der Waals surface area contributed by atoms with Crippen molar-refractivity contribution in [1.82, 2.24) is 4.90 Å². The number of nitrogens with zero attached hydrogens (tertiary/aromatic N) is 1. The summed E-state index contributed by atoms with van der Waals surface area (Å²) in [6, 6.07) is -0.817. The fourth-order valence-electron chi connectivity index (χ4n) is 1.60. The number of piperidine rings is 1. The molecule has 1 saturated heterocycles. The number of carbonyl (C=O) groups excluding carboxylic acids is 2. The van der Waals surface area contributed by atoms with Crippen molar-refractivity contribution in [1.29, 1.82) is 0 Å². The minimum atomic E-state index is -1.20. The van der Waals surface area contributed by atoms with Gasteiger partial charge in [0.2, 0.25) is 0 Å². The number of hydrogen-bond acceptors (Lipinski definition) is 4. The van der Waals surface area contributed by atoms with E-state index in [1.165, 1.54) is 4.90 Å². The van der Waals surface area contributed by atoms with Crippen molar-refractivity contribution in [2.45, 2.75) is 32.2 Å². The molecule has 0 spiro atoms. The maximum atomic E-state index is 11.3. The zero-order valence-corrected chi connectivity index (χ0v) is 8.19. The van der Waals surface area contributed by atoms with Crippen LogP contribution in [0.3, 0.4) is 0 Å². The molecule has 0 aromatic carbocycles. The van der Waals surface area contributed by atoms with Gasteiger partial charge in [-0.05, 0) is 26.2 Å². The van der Waals surface area contributed by atoms with Gasteiger partial charge in [0.25, 0.3) is 0 Å². The largest absolute Gasteiger partial charge is 0.548 e. The normalized spacial score (nSPS) is 21.8. The lowest BCUT2D eigenvalue weighted by Gasteiger charge is -2.35. The number of ether oxygens (including phenoxy) is 1. The van der Waals surface area contributed by atoms with Gasteiger partial charge in [0.15, 0.2) is 0 Å². The van der Waals surface area contributed by atoms with Gasteiger partial charge in [0.1, 0.15) is 0 Å². The standard InChI is InChI=1S/C9H15NO4/c1-2-14-9(13)10-6-4-3-5-7(10)8(11)12/h7H,2-6H2,1H3,(H,11,12)/p-1/t7-/m0/s1. The quantitative estimate of drug-likeness (QED) is 0.616. The molecule has 1 atom stereocenters. The van der Waals surface area contributed by atoms with Crippen molar-refractivity contribution >= 4 is 12.1 Å². The average Bonchev–Trinajstić information content (AvgIpc) is 2.18. The van der Waals surface area contributed by atoms with Crippen LogP contribution in [0.1, 0.15) is 26.2 Å². The highest BCUT2D eigenvalue weighted by Crippen LogP contribution is 2.17. The monoisotopic (exact) mass is 200 g/mol. The third-order valence-electron chi connectivity index (χ3n) is 2.28. The summed E-state index contributed by atoms with van der Waals surface area (Å²) < 4.78 is 4.76. The first-order valence-corrected chi connectivity index (χ1v) is 4.81. The summed E-state index contributed by atoms with van der Waals surface area (Å²) in [4.78, 5) is 23.3. The first-order valence-electron chi connectivity index (χ1n) is 4.81. The molecule has 1 amide bonds. The van der Waals surface area contributed by atoms with Crippen LogP contribution in [-0.2, 0) is 9.53 Å². The summed E-state index contributed by atoms with van der Waals surface area (Å²) in [5.74, 6) is -1.20. The van der Waals surface area contributed by atoms with Crippen molar-refractivity contribution in [3.8, 4) is 0 Å². The number of amides is 1. The van der Waals surface area contributed by atoms with Crippen LogP contribution in [0.25, 0.3) is 0 Å². The molecule has 0 radical (unpaired) electrons. The molecule has 1 aliphatic heterocycles. The van der Waals surface area contributed by atoms with Gasteiger partial charge >= 0.3 is 6.09 Å². The van der Waals surface area contributed by atoms with E-state index >= 15 is 0 Å². The van der Waals surface area contributed by atoms with Crippen LogP contribution in [0.4, 0.5) is 4.79 Å². The van der Waals surface area contributed by atoms with Crippen LogP contribution in [-0.4, -0.2) is 36.2 Å². The SMILES string of the molecule is CCOC(=O)N1CCCC[C@H]1C(=O)[O-]. The van der Waals surface area contributed by atoms with Crippen molar-refractivity contribution in [2.24, 2.45) is 0 Å². The molecule has 14 heavy (non-hydrogen) atoms. The van der Waals surface area contributed by atoms with Gasteiger partial charge in [0, 0.05) is 6.54 Å². The van der Waals surface area contributed by atoms with Crippen LogP contribution in [0.2, 0.25) is 0 Å². The molecule has 1 heterocycles. The summed E-state index contributed by atoms with van der Waals surface area (Å²) in [7, 11) is 0. The maximum absolute atomic E-state index is 11.3. The van der Waals surface area contributed by atoms with E-state index in [2.05, 4.69) is 0 Å². The Hall–Kier alpha value is -1.26. The average molecular weight is 200 g/mol. The molecule has 0 aromatic heterocycles. The number of likely N-dealkylation sites (tertiary alicyclic amines) is 1. The first-order chi connectivity index (χ1) is 6.66. The Morgan fingerprint density at radius 1 is 1.50 bits per heavy atom. The number of carboxylic acid groups (broad SMARTS) is 1. The van der Waals surface area contributed by atoms with Gasteiger partial charge in [-0.3, -0.25) is 4.90 Å². The molecular weight excluding hydrogens is 186 g/mol. The van der Waals surface area contributed by atoms with E-state index in [4.69, 9.17) is 4.74 Å². The molecule has 0 unspecified atom stereocenters. The Kier molecular flexibility index (Phi) is 3.73. The highest BCUT2D eigenvalue weighted by atomic mass is 16.6. The van der Waals surface area contributed by atoms with Gasteiger partial charge < -0.3 is 14.6 Å². The molecule has 0 saturated carbocycles. The highest BCUT2D eigenvalue weighted by molar-refractivity contribution is 5.78. The Morgan fingerprint density at radius 2 is 2.21 bits per heavy atom. The Balaban J connectivity index is 2.62. The molecule has 5 heteroatoms. The number of hydrogen-bond donors (Lipinski definition) is 0. The predicted molar refractivity (Wildman–Crippen MR) is 46.4 cm³/mol. The summed E-state index contributed by atoms with van der Waals surface area (Å²) in [5, 5.41) is 10.7. The number of carboxylic acids is 1. The van der Waals surface area contributed by atoms with Crippen molar-refractivity contribution in [3.63, 3.8) is 0 Å². The molecule has 0 aromatic rings. The van der Waals surface area contributed by atoms with E-state index in [9.17, 15) is 14.7 Å². The second-order valence-corrected chi connectivity index (χ2v) is 3.22. The molecule has 0 N–H and O–H groups in total. The summed E-state index contributed by atoms with van der Waals surface area (Å²) in [6.45, 7) is 2.39. The Bertz CT molecular complexity index is 229. The molecule has 1 fully saturated rings. The van der Waals surface area contributed by atoms with Crippen molar-refractivity contribution < 1.29 is 19.4 Å². The molecule has 1 aliphatic rings. The van der Waals surface area contributed by atoms with E-state index in [1.807, 2.05) is 0 Å². The number of rotatable bonds is 2. The highest BCUT2D eigenvalue weighted by Gasteiger charge is 2.28. The smallest absolute Gasteiger partial charge is 0.410 e. The van der Waals surface area contributed by atoms with E-state index < -0.39 is 18.1 Å². The van der Waals surface area contributed by atoms with Gasteiger partial charge in [-0.15, -0.1) is 0 Å². The van der Waals surface area contributed by atoms with Crippen LogP contribution < -0.4 is 5.11 Å². The third-order valence-corrected chi connectivity index (χ3v) is 2.28. The molecule has 80 valence electrons. The van der Waals surface area contributed by atoms with Gasteiger partial charge in [0.05, 0.1) is 18.6 Å². The minimum absolute atomic E-state index is 0.259. The fraction of sp³-hybridized carbons (Fsp3) is 0.778. The van der Waals surface area contributed by atoms with Crippen LogP contribution in [0, 0.1) is 0 Å². The van der Waals surface area contributed by atoms with Crippen LogP contribution in [0.5, 0.6) is 0 Å². The molecule has 0 bridgehead atoms. The lowest BCUT2D eigenvalue weighted by molar-refractivity contribution is -0.311. The lowest BCUT2D eigenvalue weighted by atomic mass is 10.0. The minimum Gasteiger partial charge on any atom is -0.548 e. The van der Waals surface area contributed by atoms with Crippen LogP contribution >= 0.6 is 0 Å². The molecular formula is C9H14NO4-. The first kappa shape index (κ1) is 10.8. The molecule has 5 nitrogen and oxygen atoms in total. The number of carbonyl (C=O) groups is 2. The van der Waals surface area contributed by atoms with Gasteiger partial charge in [-0.2, -0.15) is 0 Å². The van der Waals surface area contributed by atoms with Gasteiger partial charge in [-0.25, -0.2) is 4.79 Å². The fourth-order valence-corrected chi connectivity index (χ4v) is 1.60. The van der Waals surface area contributed by atoms with E-state index in [0.717, 1.165) is 12.8 Å². The second kappa shape index (κ2) is 4.83. The Labute approximate surface area is 82.6 Å². The Morgan fingerprint density at radius 3 is 2.79 bits per heavy atom.